The van der Waals surface area contributed by atoms with E-state index in [9.17, 15) is 9.18 Å². The number of hydrogen-bond acceptors (Lipinski definition) is 4. The van der Waals surface area contributed by atoms with Crippen LogP contribution >= 0.6 is 11.8 Å². The first-order chi connectivity index (χ1) is 13.6. The molecule has 1 fully saturated rings. The first-order valence-electron chi connectivity index (χ1n) is 9.70. The van der Waals surface area contributed by atoms with E-state index in [4.69, 9.17) is 9.73 Å². The van der Waals surface area contributed by atoms with Gasteiger partial charge in [0.25, 0.3) is 0 Å². The molecule has 0 aromatic heterocycles. The Morgan fingerprint density at radius 2 is 1.96 bits per heavy atom. The minimum atomic E-state index is -0.599. The zero-order valence-electron chi connectivity index (χ0n) is 15.9. The highest BCUT2D eigenvalue weighted by Crippen LogP contribution is 2.50. The lowest BCUT2D eigenvalue weighted by atomic mass is 9.68. The molecule has 0 saturated heterocycles. The Hall–Kier alpha value is -1.98. The molecule has 2 aromatic carbocycles. The smallest absolute Gasteiger partial charge is 0.169 e. The maximum Gasteiger partial charge on any atom is 0.169 e. The first kappa shape index (κ1) is 19.3. The van der Waals surface area contributed by atoms with Crippen molar-refractivity contribution in [1.82, 2.24) is 0 Å². The molecule has 0 radical (unpaired) electrons. The van der Waals surface area contributed by atoms with Crippen LogP contribution in [0.25, 0.3) is 0 Å². The van der Waals surface area contributed by atoms with Gasteiger partial charge in [0.2, 0.25) is 0 Å². The van der Waals surface area contributed by atoms with E-state index >= 15 is 0 Å². The molecule has 2 aromatic rings. The number of halogens is 1. The molecule has 3 atom stereocenters. The molecule has 146 valence electrons. The van der Waals surface area contributed by atoms with Crippen LogP contribution in [0, 0.1) is 11.7 Å². The molecule has 1 heterocycles. The van der Waals surface area contributed by atoms with Gasteiger partial charge in [-0.25, -0.2) is 4.39 Å². The summed E-state index contributed by atoms with van der Waals surface area (Å²) in [6.07, 6.45) is 2.90. The van der Waals surface area contributed by atoms with Crippen molar-refractivity contribution in [3.63, 3.8) is 0 Å². The van der Waals surface area contributed by atoms with Crippen molar-refractivity contribution in [1.29, 1.82) is 0 Å². The highest BCUT2D eigenvalue weighted by atomic mass is 32.2. The lowest BCUT2D eigenvalue weighted by molar-refractivity contribution is 0.0229. The lowest BCUT2D eigenvalue weighted by Crippen LogP contribution is -2.45. The molecule has 1 unspecified atom stereocenters. The van der Waals surface area contributed by atoms with Gasteiger partial charge in [0.15, 0.2) is 5.78 Å². The van der Waals surface area contributed by atoms with Gasteiger partial charge in [0.05, 0.1) is 23.1 Å². The standard InChI is InChI=1S/C23H24FNO2S/c1-27-18-11-12-23(19-9-5-6-10-20(19)24)17(13-18)15-28-22(25-23)14-21(26)16-7-3-2-4-8-16/h2-10,17-18H,11-15H2,1H3/t17-,18-,23?/m0/s1. The number of aliphatic imine (C=N–C) groups is 1. The monoisotopic (exact) mass is 397 g/mol. The molecule has 0 amide bonds. The second kappa shape index (κ2) is 8.18. The Balaban J connectivity index is 1.68. The van der Waals surface area contributed by atoms with Gasteiger partial charge in [-0.2, -0.15) is 0 Å². The molecule has 5 heteroatoms. The summed E-state index contributed by atoms with van der Waals surface area (Å²) < 4.78 is 20.4. The number of ether oxygens (including phenoxy) is 1. The second-order valence-corrected chi connectivity index (χ2v) is 8.61. The molecule has 0 N–H and O–H groups in total. The number of Topliss-reactive ketones (excluding diaryl/α,β-unsaturated/α-hetero) is 1. The van der Waals surface area contributed by atoms with Crippen LogP contribution in [0.5, 0.6) is 0 Å². The summed E-state index contributed by atoms with van der Waals surface area (Å²) in [6.45, 7) is 0. The SMILES string of the molecule is CO[C@H]1CCC2(c3ccccc3F)N=C(CC(=O)c3ccccc3)SC[C@@H]2C1. The Labute approximate surface area is 169 Å². The fraction of sp³-hybridized carbons (Fsp3) is 0.391. The van der Waals surface area contributed by atoms with E-state index in [0.717, 1.165) is 30.1 Å². The van der Waals surface area contributed by atoms with E-state index in [-0.39, 0.29) is 30.0 Å². The second-order valence-electron chi connectivity index (χ2n) is 7.52. The maximum absolute atomic E-state index is 14.8. The number of thioether (sulfide) groups is 1. The summed E-state index contributed by atoms with van der Waals surface area (Å²) in [7, 11) is 1.74. The highest BCUT2D eigenvalue weighted by molar-refractivity contribution is 8.14. The quantitative estimate of drug-likeness (QED) is 0.647. The average molecular weight is 398 g/mol. The van der Waals surface area contributed by atoms with Crippen molar-refractivity contribution in [2.24, 2.45) is 10.9 Å². The summed E-state index contributed by atoms with van der Waals surface area (Å²) in [4.78, 5) is 17.8. The van der Waals surface area contributed by atoms with Crippen molar-refractivity contribution in [3.05, 3.63) is 71.5 Å². The third-order valence-corrected chi connectivity index (χ3v) is 7.06. The number of hydrogen-bond donors (Lipinski definition) is 0. The Morgan fingerprint density at radius 1 is 1.21 bits per heavy atom. The van der Waals surface area contributed by atoms with Crippen LogP contribution in [0.15, 0.2) is 59.6 Å². The van der Waals surface area contributed by atoms with Gasteiger partial charge in [-0.1, -0.05) is 48.5 Å². The van der Waals surface area contributed by atoms with E-state index < -0.39 is 5.54 Å². The number of carbonyl (C=O) groups excluding carboxylic acids is 1. The molecule has 0 bridgehead atoms. The molecule has 4 rings (SSSR count). The van der Waals surface area contributed by atoms with E-state index in [0.29, 0.717) is 11.1 Å². The van der Waals surface area contributed by atoms with Crippen LogP contribution < -0.4 is 0 Å². The predicted octanol–water partition coefficient (Wildman–Crippen LogP) is 5.25. The van der Waals surface area contributed by atoms with Gasteiger partial charge in [0.1, 0.15) is 5.82 Å². The van der Waals surface area contributed by atoms with Gasteiger partial charge < -0.3 is 4.74 Å². The van der Waals surface area contributed by atoms with Gasteiger partial charge >= 0.3 is 0 Å². The molecular weight excluding hydrogens is 373 g/mol. The van der Waals surface area contributed by atoms with Crippen molar-refractivity contribution in [2.75, 3.05) is 12.9 Å². The van der Waals surface area contributed by atoms with Crippen LogP contribution in [0.3, 0.4) is 0 Å². The molecule has 0 spiro atoms. The third-order valence-electron chi connectivity index (χ3n) is 5.93. The number of benzene rings is 2. The van der Waals surface area contributed by atoms with Crippen LogP contribution in [0.2, 0.25) is 0 Å². The summed E-state index contributed by atoms with van der Waals surface area (Å²) >= 11 is 1.63. The van der Waals surface area contributed by atoms with Crippen LogP contribution in [0.1, 0.15) is 41.6 Å². The fourth-order valence-corrected chi connectivity index (χ4v) is 5.68. The highest BCUT2D eigenvalue weighted by Gasteiger charge is 2.48. The molecule has 2 aliphatic rings. The van der Waals surface area contributed by atoms with E-state index in [1.165, 1.54) is 6.07 Å². The van der Waals surface area contributed by atoms with E-state index in [1.807, 2.05) is 42.5 Å². The number of rotatable bonds is 5. The van der Waals surface area contributed by atoms with Crippen molar-refractivity contribution in [3.8, 4) is 0 Å². The van der Waals surface area contributed by atoms with Gasteiger partial charge in [-0.3, -0.25) is 9.79 Å². The topological polar surface area (TPSA) is 38.7 Å². The number of ketones is 1. The molecule has 1 aliphatic heterocycles. The van der Waals surface area contributed by atoms with Crippen molar-refractivity contribution in [2.45, 2.75) is 37.3 Å². The number of nitrogens with zero attached hydrogens (tertiary/aromatic N) is 1. The molecule has 1 aliphatic carbocycles. The predicted molar refractivity (Wildman–Crippen MR) is 111 cm³/mol. The van der Waals surface area contributed by atoms with Gasteiger partial charge in [0, 0.05) is 29.9 Å². The minimum absolute atomic E-state index is 0.0551. The minimum Gasteiger partial charge on any atom is -0.381 e. The van der Waals surface area contributed by atoms with Crippen molar-refractivity contribution < 1.29 is 13.9 Å². The van der Waals surface area contributed by atoms with Crippen LogP contribution in [0.4, 0.5) is 4.39 Å². The Bertz CT molecular complexity index is 885. The van der Waals surface area contributed by atoms with E-state index in [1.54, 1.807) is 24.9 Å². The maximum atomic E-state index is 14.8. The molecule has 28 heavy (non-hydrogen) atoms. The first-order valence-corrected chi connectivity index (χ1v) is 10.7. The Kier molecular flexibility index (Phi) is 5.65. The van der Waals surface area contributed by atoms with Crippen LogP contribution in [-0.4, -0.2) is 29.8 Å². The lowest BCUT2D eigenvalue weighted by Gasteiger charge is -2.46. The van der Waals surface area contributed by atoms with Crippen molar-refractivity contribution >= 4 is 22.6 Å². The number of methoxy groups -OCH3 is 1. The van der Waals surface area contributed by atoms with Gasteiger partial charge in [-0.15, -0.1) is 11.8 Å². The van der Waals surface area contributed by atoms with Gasteiger partial charge in [-0.05, 0) is 25.3 Å². The molecular formula is C23H24FNO2S. The summed E-state index contributed by atoms with van der Waals surface area (Å²) in [5, 5.41) is 0.809. The zero-order chi connectivity index (χ0) is 19.6. The van der Waals surface area contributed by atoms with E-state index in [2.05, 4.69) is 0 Å². The summed E-state index contributed by atoms with van der Waals surface area (Å²) in [5.74, 6) is 0.866. The molecule has 1 saturated carbocycles. The number of fused-ring (bicyclic) bond motifs is 1. The van der Waals surface area contributed by atoms with Crippen LogP contribution in [-0.2, 0) is 10.3 Å². The summed E-state index contributed by atoms with van der Waals surface area (Å²) in [5.41, 5.74) is 0.744. The molecule has 3 nitrogen and oxygen atoms in total. The normalized spacial score (nSPS) is 27.0. The average Bonchev–Trinajstić information content (AvgIpc) is 2.74. The fourth-order valence-electron chi connectivity index (χ4n) is 4.42. The zero-order valence-corrected chi connectivity index (χ0v) is 16.8. The number of carbonyl (C=O) groups is 1. The summed E-state index contributed by atoms with van der Waals surface area (Å²) in [6, 6.07) is 16.2. The largest absolute Gasteiger partial charge is 0.381 e. The third kappa shape index (κ3) is 3.65. The Morgan fingerprint density at radius 3 is 2.71 bits per heavy atom.